The maximum Gasteiger partial charge on any atom is 0.269 e. The Morgan fingerprint density at radius 1 is 1.05 bits per heavy atom. The highest BCUT2D eigenvalue weighted by molar-refractivity contribution is 5.70. The first kappa shape index (κ1) is 13.8. The van der Waals surface area contributed by atoms with E-state index in [0.29, 0.717) is 0 Å². The summed E-state index contributed by atoms with van der Waals surface area (Å²) in [6, 6.07) is 12.4. The Balaban J connectivity index is 2.16. The molecule has 0 N–H and O–H groups in total. The Hall–Kier alpha value is -2.62. The van der Waals surface area contributed by atoms with Crippen molar-refractivity contribution >= 4 is 17.8 Å². The topological polar surface area (TPSA) is 52.4 Å². The monoisotopic (exact) mass is 269 g/mol. The van der Waals surface area contributed by atoms with E-state index in [1.165, 1.54) is 12.1 Å². The molecule has 4 heteroatoms. The summed E-state index contributed by atoms with van der Waals surface area (Å²) in [5, 5.41) is 10.6. The fourth-order valence-electron chi connectivity index (χ4n) is 1.90. The fraction of sp³-hybridized carbons (Fsp3) is 0.125. The highest BCUT2D eigenvalue weighted by Crippen LogP contribution is 2.20. The lowest BCUT2D eigenvalue weighted by molar-refractivity contribution is -0.384. The Labute approximate surface area is 117 Å². The van der Waals surface area contributed by atoms with Crippen LogP contribution in [0.5, 0.6) is 5.75 Å². The van der Waals surface area contributed by atoms with Crippen LogP contribution in [0.3, 0.4) is 0 Å². The average Bonchev–Trinajstić information content (AvgIpc) is 2.45. The first-order valence-corrected chi connectivity index (χ1v) is 6.17. The molecule has 0 heterocycles. The number of nitro benzene ring substituents is 1. The van der Waals surface area contributed by atoms with Crippen molar-refractivity contribution in [1.29, 1.82) is 0 Å². The molecule has 102 valence electrons. The number of hydrogen-bond donors (Lipinski definition) is 0. The number of aryl methyl sites for hydroxylation is 1. The van der Waals surface area contributed by atoms with Crippen LogP contribution in [0.15, 0.2) is 42.5 Å². The molecule has 0 saturated carbocycles. The molecule has 4 nitrogen and oxygen atoms in total. The molecule has 0 saturated heterocycles. The highest BCUT2D eigenvalue weighted by Gasteiger charge is 2.02. The van der Waals surface area contributed by atoms with Gasteiger partial charge >= 0.3 is 0 Å². The molecule has 2 aromatic carbocycles. The molecule has 20 heavy (non-hydrogen) atoms. The molecule has 0 amide bonds. The molecule has 0 fully saturated rings. The van der Waals surface area contributed by atoms with E-state index in [-0.39, 0.29) is 5.69 Å². The minimum Gasteiger partial charge on any atom is -0.496 e. The average molecular weight is 269 g/mol. The van der Waals surface area contributed by atoms with E-state index in [1.54, 1.807) is 19.2 Å². The standard InChI is InChI=1S/C16H15NO3/c1-12-11-14(7-10-16(12)20-2)4-3-13-5-8-15(9-6-13)17(18)19/h3-11H,1-2H3. The minimum atomic E-state index is -0.402. The van der Waals surface area contributed by atoms with Crippen molar-refractivity contribution in [2.24, 2.45) is 0 Å². The molecule has 2 aromatic rings. The number of methoxy groups -OCH3 is 1. The van der Waals surface area contributed by atoms with E-state index in [1.807, 2.05) is 37.3 Å². The summed E-state index contributed by atoms with van der Waals surface area (Å²) in [6.07, 6.45) is 3.89. The van der Waals surface area contributed by atoms with Gasteiger partial charge in [-0.15, -0.1) is 0 Å². The second-order valence-electron chi connectivity index (χ2n) is 4.41. The van der Waals surface area contributed by atoms with E-state index < -0.39 is 4.92 Å². The van der Waals surface area contributed by atoms with Crippen LogP contribution in [0.4, 0.5) is 5.69 Å². The van der Waals surface area contributed by atoms with Crippen molar-refractivity contribution in [3.63, 3.8) is 0 Å². The lowest BCUT2D eigenvalue weighted by Gasteiger charge is -2.04. The zero-order valence-corrected chi connectivity index (χ0v) is 11.4. The maximum absolute atomic E-state index is 10.6. The van der Waals surface area contributed by atoms with E-state index in [9.17, 15) is 10.1 Å². The van der Waals surface area contributed by atoms with Gasteiger partial charge in [-0.25, -0.2) is 0 Å². The van der Waals surface area contributed by atoms with Gasteiger partial charge < -0.3 is 4.74 Å². The summed E-state index contributed by atoms with van der Waals surface area (Å²) >= 11 is 0. The first-order valence-electron chi connectivity index (χ1n) is 6.17. The largest absolute Gasteiger partial charge is 0.496 e. The van der Waals surface area contributed by atoms with Gasteiger partial charge in [0.2, 0.25) is 0 Å². The third-order valence-electron chi connectivity index (χ3n) is 2.99. The van der Waals surface area contributed by atoms with E-state index >= 15 is 0 Å². The van der Waals surface area contributed by atoms with E-state index in [4.69, 9.17) is 4.74 Å². The predicted molar refractivity (Wildman–Crippen MR) is 79.8 cm³/mol. The van der Waals surface area contributed by atoms with Crippen LogP contribution in [0, 0.1) is 17.0 Å². The van der Waals surface area contributed by atoms with Gasteiger partial charge in [-0.2, -0.15) is 0 Å². The zero-order valence-electron chi connectivity index (χ0n) is 11.4. The summed E-state index contributed by atoms with van der Waals surface area (Å²) in [6.45, 7) is 1.99. The summed E-state index contributed by atoms with van der Waals surface area (Å²) in [7, 11) is 1.65. The van der Waals surface area contributed by atoms with Crippen molar-refractivity contribution in [3.05, 3.63) is 69.3 Å². The molecule has 2 rings (SSSR count). The van der Waals surface area contributed by atoms with Crippen LogP contribution >= 0.6 is 0 Å². The van der Waals surface area contributed by atoms with Gasteiger partial charge in [-0.05, 0) is 47.9 Å². The molecule has 0 aliphatic carbocycles. The van der Waals surface area contributed by atoms with Gasteiger partial charge in [-0.1, -0.05) is 18.2 Å². The normalized spacial score (nSPS) is 10.7. The molecule has 0 atom stereocenters. The van der Waals surface area contributed by atoms with Crippen molar-refractivity contribution in [1.82, 2.24) is 0 Å². The molecule has 0 spiro atoms. The quantitative estimate of drug-likeness (QED) is 0.477. The Morgan fingerprint density at radius 3 is 2.20 bits per heavy atom. The van der Waals surface area contributed by atoms with Crippen LogP contribution in [0.25, 0.3) is 12.2 Å². The smallest absolute Gasteiger partial charge is 0.269 e. The number of rotatable bonds is 4. The van der Waals surface area contributed by atoms with E-state index in [2.05, 4.69) is 0 Å². The van der Waals surface area contributed by atoms with E-state index in [0.717, 1.165) is 22.4 Å². The van der Waals surface area contributed by atoms with Crippen LogP contribution in [0.2, 0.25) is 0 Å². The van der Waals surface area contributed by atoms with Crippen molar-refractivity contribution in [3.8, 4) is 5.75 Å². The summed E-state index contributed by atoms with van der Waals surface area (Å²) in [4.78, 5) is 10.2. The Morgan fingerprint density at radius 2 is 1.65 bits per heavy atom. The third kappa shape index (κ3) is 3.23. The van der Waals surface area contributed by atoms with Gasteiger partial charge in [0.15, 0.2) is 0 Å². The molecule has 0 unspecified atom stereocenters. The van der Waals surface area contributed by atoms with Crippen LogP contribution in [0.1, 0.15) is 16.7 Å². The Kier molecular flexibility index (Phi) is 4.15. The summed E-state index contributed by atoms with van der Waals surface area (Å²) in [5.41, 5.74) is 3.14. The number of benzene rings is 2. The van der Waals surface area contributed by atoms with Gasteiger partial charge in [0, 0.05) is 12.1 Å². The Bertz CT molecular complexity index is 645. The maximum atomic E-state index is 10.6. The SMILES string of the molecule is COc1ccc(C=Cc2ccc([N+](=O)[O-])cc2)cc1C. The summed E-state index contributed by atoms with van der Waals surface area (Å²) in [5.74, 6) is 0.859. The number of hydrogen-bond acceptors (Lipinski definition) is 3. The van der Waals surface area contributed by atoms with Crippen LogP contribution in [-0.2, 0) is 0 Å². The molecular formula is C16H15NO3. The number of ether oxygens (including phenoxy) is 1. The second kappa shape index (κ2) is 6.02. The number of nitro groups is 1. The van der Waals surface area contributed by atoms with Crippen LogP contribution < -0.4 is 4.74 Å². The van der Waals surface area contributed by atoms with Gasteiger partial charge in [0.25, 0.3) is 5.69 Å². The highest BCUT2D eigenvalue weighted by atomic mass is 16.6. The molecule has 0 radical (unpaired) electrons. The van der Waals surface area contributed by atoms with Crippen molar-refractivity contribution in [2.75, 3.05) is 7.11 Å². The van der Waals surface area contributed by atoms with Crippen molar-refractivity contribution in [2.45, 2.75) is 6.92 Å². The fourth-order valence-corrected chi connectivity index (χ4v) is 1.90. The second-order valence-corrected chi connectivity index (χ2v) is 4.41. The number of non-ortho nitro benzene ring substituents is 1. The lowest BCUT2D eigenvalue weighted by atomic mass is 10.1. The van der Waals surface area contributed by atoms with Crippen LogP contribution in [-0.4, -0.2) is 12.0 Å². The third-order valence-corrected chi connectivity index (χ3v) is 2.99. The molecule has 0 aliphatic heterocycles. The molecule has 0 bridgehead atoms. The van der Waals surface area contributed by atoms with Gasteiger partial charge in [-0.3, -0.25) is 10.1 Å². The van der Waals surface area contributed by atoms with Crippen molar-refractivity contribution < 1.29 is 9.66 Å². The molecule has 0 aromatic heterocycles. The lowest BCUT2D eigenvalue weighted by Crippen LogP contribution is -1.87. The molecular weight excluding hydrogens is 254 g/mol. The predicted octanol–water partition coefficient (Wildman–Crippen LogP) is 4.08. The minimum absolute atomic E-state index is 0.0995. The number of nitrogens with zero attached hydrogens (tertiary/aromatic N) is 1. The van der Waals surface area contributed by atoms with Gasteiger partial charge in [0.05, 0.1) is 12.0 Å². The zero-order chi connectivity index (χ0) is 14.5. The summed E-state index contributed by atoms with van der Waals surface area (Å²) < 4.78 is 5.21. The molecule has 0 aliphatic rings. The first-order chi connectivity index (χ1) is 9.60. The van der Waals surface area contributed by atoms with Gasteiger partial charge in [0.1, 0.15) is 5.75 Å².